The number of likely N-dealkylation sites (N-methyl/N-ethyl adjacent to an activating group) is 1. The predicted molar refractivity (Wildman–Crippen MR) is 43.2 cm³/mol. The Bertz CT molecular complexity index is 154. The van der Waals surface area contributed by atoms with Crippen LogP contribution in [-0.4, -0.2) is 30.2 Å². The molecule has 0 fully saturated rings. The Hall–Kier alpha value is -0.860. The second kappa shape index (κ2) is 4.88. The van der Waals surface area contributed by atoms with Crippen LogP contribution < -0.4 is 0 Å². The Balaban J connectivity index is 3.77. The van der Waals surface area contributed by atoms with E-state index in [9.17, 15) is 9.59 Å². The number of rotatable bonds is 4. The second-order valence-corrected chi connectivity index (χ2v) is 2.50. The summed E-state index contributed by atoms with van der Waals surface area (Å²) in [6.45, 7) is 3.84. The highest BCUT2D eigenvalue weighted by molar-refractivity contribution is 5.85. The average Bonchev–Trinajstić information content (AvgIpc) is 2.02. The number of amides is 1. The molecule has 0 aliphatic carbocycles. The maximum atomic E-state index is 10.9. The Labute approximate surface area is 67.4 Å². The van der Waals surface area contributed by atoms with Crippen molar-refractivity contribution in [2.24, 2.45) is 0 Å². The molecule has 0 aliphatic rings. The lowest BCUT2D eigenvalue weighted by Gasteiger charge is -2.14. The third-order valence-corrected chi connectivity index (χ3v) is 1.54. The minimum atomic E-state index is 0.0202. The van der Waals surface area contributed by atoms with Crippen molar-refractivity contribution in [3.05, 3.63) is 0 Å². The number of ketones is 1. The van der Waals surface area contributed by atoms with E-state index < -0.39 is 0 Å². The monoisotopic (exact) mass is 157 g/mol. The quantitative estimate of drug-likeness (QED) is 0.606. The lowest BCUT2D eigenvalue weighted by Crippen LogP contribution is -2.31. The largest absolute Gasteiger partial charge is 0.338 e. The van der Waals surface area contributed by atoms with Gasteiger partial charge in [0.2, 0.25) is 5.91 Å². The molecule has 64 valence electrons. The summed E-state index contributed by atoms with van der Waals surface area (Å²) in [7, 11) is 1.65. The standard InChI is InChI=1S/C8H15NO2/c1-4-7(10)6-9(3)8(11)5-2/h4-6H2,1-3H3. The van der Waals surface area contributed by atoms with Gasteiger partial charge in [-0.05, 0) is 0 Å². The Morgan fingerprint density at radius 3 is 2.09 bits per heavy atom. The van der Waals surface area contributed by atoms with Gasteiger partial charge in [0, 0.05) is 19.9 Å². The summed E-state index contributed by atoms with van der Waals surface area (Å²) in [5.74, 6) is 0.126. The highest BCUT2D eigenvalue weighted by Crippen LogP contribution is 1.91. The van der Waals surface area contributed by atoms with E-state index in [2.05, 4.69) is 0 Å². The fraction of sp³-hybridized carbons (Fsp3) is 0.750. The van der Waals surface area contributed by atoms with E-state index in [-0.39, 0.29) is 18.2 Å². The molecular formula is C8H15NO2. The molecule has 1 amide bonds. The normalized spacial score (nSPS) is 9.36. The molecule has 0 bridgehead atoms. The van der Waals surface area contributed by atoms with Crippen LogP contribution in [0.3, 0.4) is 0 Å². The maximum Gasteiger partial charge on any atom is 0.222 e. The Morgan fingerprint density at radius 1 is 1.18 bits per heavy atom. The lowest BCUT2D eigenvalue weighted by molar-refractivity contribution is -0.133. The van der Waals surface area contributed by atoms with E-state index in [1.807, 2.05) is 0 Å². The molecule has 0 heterocycles. The third-order valence-electron chi connectivity index (χ3n) is 1.54. The van der Waals surface area contributed by atoms with Gasteiger partial charge in [-0.3, -0.25) is 9.59 Å². The van der Waals surface area contributed by atoms with E-state index >= 15 is 0 Å². The molecule has 0 atom stereocenters. The van der Waals surface area contributed by atoms with Crippen molar-refractivity contribution >= 4 is 11.7 Å². The fourth-order valence-corrected chi connectivity index (χ4v) is 0.734. The van der Waals surface area contributed by atoms with E-state index in [0.717, 1.165) is 0 Å². The van der Waals surface area contributed by atoms with E-state index in [1.54, 1.807) is 20.9 Å². The summed E-state index contributed by atoms with van der Waals surface area (Å²) in [6.07, 6.45) is 0.967. The van der Waals surface area contributed by atoms with Crippen molar-refractivity contribution < 1.29 is 9.59 Å². The van der Waals surface area contributed by atoms with Gasteiger partial charge in [-0.1, -0.05) is 13.8 Å². The number of Topliss-reactive ketones (excluding diaryl/α,β-unsaturated/α-hetero) is 1. The summed E-state index contributed by atoms with van der Waals surface area (Å²) in [5, 5.41) is 0. The van der Waals surface area contributed by atoms with Crippen molar-refractivity contribution in [3.8, 4) is 0 Å². The number of nitrogens with zero attached hydrogens (tertiary/aromatic N) is 1. The molecule has 0 rings (SSSR count). The average molecular weight is 157 g/mol. The maximum absolute atomic E-state index is 10.9. The molecule has 0 saturated carbocycles. The molecule has 0 radical (unpaired) electrons. The van der Waals surface area contributed by atoms with E-state index in [0.29, 0.717) is 12.8 Å². The molecule has 11 heavy (non-hydrogen) atoms. The molecule has 0 aromatic heterocycles. The minimum Gasteiger partial charge on any atom is -0.338 e. The van der Waals surface area contributed by atoms with Crippen molar-refractivity contribution in [1.82, 2.24) is 4.90 Å². The molecule has 0 spiro atoms. The molecule has 0 aromatic rings. The highest BCUT2D eigenvalue weighted by Gasteiger charge is 2.08. The van der Waals surface area contributed by atoms with Crippen LogP contribution in [0.25, 0.3) is 0 Å². The van der Waals surface area contributed by atoms with Gasteiger partial charge in [0.15, 0.2) is 5.78 Å². The first kappa shape index (κ1) is 10.1. The van der Waals surface area contributed by atoms with Crippen LogP contribution in [0.4, 0.5) is 0 Å². The van der Waals surface area contributed by atoms with E-state index in [1.165, 1.54) is 4.90 Å². The number of carbonyl (C=O) groups excluding carboxylic acids is 2. The van der Waals surface area contributed by atoms with Crippen molar-refractivity contribution in [2.45, 2.75) is 26.7 Å². The summed E-state index contributed by atoms with van der Waals surface area (Å²) >= 11 is 0. The van der Waals surface area contributed by atoms with Crippen LogP contribution >= 0.6 is 0 Å². The van der Waals surface area contributed by atoms with Gasteiger partial charge < -0.3 is 4.90 Å². The highest BCUT2D eigenvalue weighted by atomic mass is 16.2. The second-order valence-electron chi connectivity index (χ2n) is 2.50. The smallest absolute Gasteiger partial charge is 0.222 e. The number of hydrogen-bond donors (Lipinski definition) is 0. The summed E-state index contributed by atoms with van der Waals surface area (Å²) in [4.78, 5) is 23.2. The lowest BCUT2D eigenvalue weighted by atomic mass is 10.3. The van der Waals surface area contributed by atoms with Gasteiger partial charge >= 0.3 is 0 Å². The van der Waals surface area contributed by atoms with Crippen LogP contribution in [0.2, 0.25) is 0 Å². The molecule has 0 aliphatic heterocycles. The zero-order valence-electron chi connectivity index (χ0n) is 7.39. The predicted octanol–water partition coefficient (Wildman–Crippen LogP) is 0.834. The minimum absolute atomic E-state index is 0.0202. The first-order chi connectivity index (χ1) is 5.11. The molecule has 3 heteroatoms. The fourth-order valence-electron chi connectivity index (χ4n) is 0.734. The van der Waals surface area contributed by atoms with Gasteiger partial charge in [0.05, 0.1) is 6.54 Å². The molecule has 0 N–H and O–H groups in total. The van der Waals surface area contributed by atoms with Crippen LogP contribution in [0, 0.1) is 0 Å². The molecule has 0 saturated heterocycles. The summed E-state index contributed by atoms with van der Waals surface area (Å²) in [6, 6.07) is 0. The summed E-state index contributed by atoms with van der Waals surface area (Å²) < 4.78 is 0. The van der Waals surface area contributed by atoms with Crippen LogP contribution in [0.1, 0.15) is 26.7 Å². The third kappa shape index (κ3) is 3.75. The van der Waals surface area contributed by atoms with E-state index in [4.69, 9.17) is 0 Å². The molecular weight excluding hydrogens is 142 g/mol. The molecule has 0 aromatic carbocycles. The molecule has 0 unspecified atom stereocenters. The van der Waals surface area contributed by atoms with Gasteiger partial charge in [0.25, 0.3) is 0 Å². The summed E-state index contributed by atoms with van der Waals surface area (Å²) in [5.41, 5.74) is 0. The van der Waals surface area contributed by atoms with Gasteiger partial charge in [0.1, 0.15) is 0 Å². The molecule has 3 nitrogen and oxygen atoms in total. The zero-order valence-corrected chi connectivity index (χ0v) is 7.39. The van der Waals surface area contributed by atoms with Crippen LogP contribution in [-0.2, 0) is 9.59 Å². The SMILES string of the molecule is CCC(=O)CN(C)C(=O)CC. The first-order valence-electron chi connectivity index (χ1n) is 3.87. The zero-order chi connectivity index (χ0) is 8.85. The number of carbonyl (C=O) groups is 2. The first-order valence-corrected chi connectivity index (χ1v) is 3.87. The van der Waals surface area contributed by atoms with Crippen molar-refractivity contribution in [1.29, 1.82) is 0 Å². The van der Waals surface area contributed by atoms with Gasteiger partial charge in [-0.2, -0.15) is 0 Å². The van der Waals surface area contributed by atoms with Crippen molar-refractivity contribution in [2.75, 3.05) is 13.6 Å². The van der Waals surface area contributed by atoms with Gasteiger partial charge in [-0.15, -0.1) is 0 Å². The topological polar surface area (TPSA) is 37.4 Å². The van der Waals surface area contributed by atoms with Crippen LogP contribution in [0.15, 0.2) is 0 Å². The number of hydrogen-bond acceptors (Lipinski definition) is 2. The van der Waals surface area contributed by atoms with Gasteiger partial charge in [-0.25, -0.2) is 0 Å². The van der Waals surface area contributed by atoms with Crippen LogP contribution in [0.5, 0.6) is 0 Å². The Kier molecular flexibility index (Phi) is 4.50. The van der Waals surface area contributed by atoms with Crippen molar-refractivity contribution in [3.63, 3.8) is 0 Å². The Morgan fingerprint density at radius 2 is 1.73 bits per heavy atom.